The molecule has 6 heteroatoms. The molecule has 0 atom stereocenters. The van der Waals surface area contributed by atoms with Crippen molar-refractivity contribution in [1.29, 1.82) is 0 Å². The van der Waals surface area contributed by atoms with E-state index in [1.807, 2.05) is 31.4 Å². The summed E-state index contributed by atoms with van der Waals surface area (Å²) in [5.41, 5.74) is -1.29. The molecule has 0 aromatic carbocycles. The zero-order valence-corrected chi connectivity index (χ0v) is 11.9. The zero-order chi connectivity index (χ0) is 14.2. The van der Waals surface area contributed by atoms with Gasteiger partial charge in [0.2, 0.25) is 5.88 Å². The number of aromatic amines is 1. The van der Waals surface area contributed by atoms with Crippen LogP contribution in [0.5, 0.6) is 5.88 Å². The third-order valence-corrected chi connectivity index (χ3v) is 4.37. The highest BCUT2D eigenvalue weighted by molar-refractivity contribution is 7.10. The van der Waals surface area contributed by atoms with Crippen LogP contribution in [-0.2, 0) is 12.0 Å². The molecule has 102 valence electrons. The number of rotatable bonds is 3. The molecule has 0 unspecified atom stereocenters. The second-order valence-corrected chi connectivity index (χ2v) is 6.10. The van der Waals surface area contributed by atoms with Gasteiger partial charge in [-0.2, -0.15) is 0 Å². The Kier molecular flexibility index (Phi) is 3.36. The summed E-state index contributed by atoms with van der Waals surface area (Å²) in [7, 11) is 0. The predicted octanol–water partition coefficient (Wildman–Crippen LogP) is 1.59. The molecule has 0 aliphatic heterocycles. The second kappa shape index (κ2) is 4.70. The fourth-order valence-electron chi connectivity index (χ4n) is 1.94. The molecular weight excluding hydrogens is 264 g/mol. The Morgan fingerprint density at radius 3 is 2.68 bits per heavy atom. The largest absolute Gasteiger partial charge is 0.494 e. The van der Waals surface area contributed by atoms with Gasteiger partial charge in [-0.25, -0.2) is 4.79 Å². The third-order valence-electron chi connectivity index (χ3n) is 3.14. The van der Waals surface area contributed by atoms with Crippen LogP contribution in [0.3, 0.4) is 0 Å². The van der Waals surface area contributed by atoms with E-state index in [0.29, 0.717) is 6.54 Å². The first-order chi connectivity index (χ1) is 8.83. The highest BCUT2D eigenvalue weighted by atomic mass is 32.1. The van der Waals surface area contributed by atoms with E-state index in [9.17, 15) is 14.7 Å². The molecule has 2 N–H and O–H groups in total. The molecule has 19 heavy (non-hydrogen) atoms. The molecule has 2 aromatic rings. The molecule has 0 aliphatic rings. The summed E-state index contributed by atoms with van der Waals surface area (Å²) in [5, 5.41) is 11.9. The van der Waals surface area contributed by atoms with Crippen LogP contribution in [0.15, 0.2) is 27.1 Å². The molecule has 0 radical (unpaired) electrons. The Balaban J connectivity index is 2.48. The van der Waals surface area contributed by atoms with E-state index in [1.165, 1.54) is 11.5 Å². The van der Waals surface area contributed by atoms with Gasteiger partial charge in [-0.05, 0) is 18.4 Å². The maximum absolute atomic E-state index is 11.8. The van der Waals surface area contributed by atoms with Crippen molar-refractivity contribution in [3.63, 3.8) is 0 Å². The van der Waals surface area contributed by atoms with Gasteiger partial charge < -0.3 is 5.11 Å². The highest BCUT2D eigenvalue weighted by Crippen LogP contribution is 2.29. The van der Waals surface area contributed by atoms with Gasteiger partial charge in [0, 0.05) is 16.8 Å². The topological polar surface area (TPSA) is 75.1 Å². The maximum atomic E-state index is 11.8. The SMILES string of the molecule is Cc1c(O)n(CC(C)(C)c2cccs2)c(=O)[nH]c1=O. The molecule has 0 aliphatic carbocycles. The number of nitrogens with one attached hydrogen (secondary N) is 1. The Labute approximate surface area is 114 Å². The van der Waals surface area contributed by atoms with Crippen LogP contribution < -0.4 is 11.2 Å². The van der Waals surface area contributed by atoms with Crippen molar-refractivity contribution in [3.8, 4) is 5.88 Å². The number of H-pyrrole nitrogens is 1. The first-order valence-electron chi connectivity index (χ1n) is 5.89. The van der Waals surface area contributed by atoms with E-state index < -0.39 is 11.2 Å². The molecule has 2 heterocycles. The van der Waals surface area contributed by atoms with Crippen molar-refractivity contribution in [2.75, 3.05) is 0 Å². The van der Waals surface area contributed by atoms with E-state index in [0.717, 1.165) is 4.88 Å². The van der Waals surface area contributed by atoms with Crippen molar-refractivity contribution in [3.05, 3.63) is 48.8 Å². The molecule has 0 spiro atoms. The summed E-state index contributed by atoms with van der Waals surface area (Å²) in [6, 6.07) is 3.94. The van der Waals surface area contributed by atoms with Crippen LogP contribution in [0, 0.1) is 6.92 Å². The summed E-state index contributed by atoms with van der Waals surface area (Å²) in [6.45, 7) is 5.77. The fraction of sp³-hybridized carbons (Fsp3) is 0.385. The average Bonchev–Trinajstić information content (AvgIpc) is 2.86. The predicted molar refractivity (Wildman–Crippen MR) is 75.1 cm³/mol. The lowest BCUT2D eigenvalue weighted by molar-refractivity contribution is 0.350. The van der Waals surface area contributed by atoms with Crippen molar-refractivity contribution in [2.45, 2.75) is 32.7 Å². The van der Waals surface area contributed by atoms with Gasteiger partial charge in [-0.3, -0.25) is 14.3 Å². The number of nitrogens with zero attached hydrogens (tertiary/aromatic N) is 1. The monoisotopic (exact) mass is 280 g/mol. The Morgan fingerprint density at radius 1 is 1.42 bits per heavy atom. The van der Waals surface area contributed by atoms with Gasteiger partial charge in [-0.1, -0.05) is 19.9 Å². The lowest BCUT2D eigenvalue weighted by Gasteiger charge is -2.24. The van der Waals surface area contributed by atoms with Crippen molar-refractivity contribution >= 4 is 11.3 Å². The molecule has 0 bridgehead atoms. The zero-order valence-electron chi connectivity index (χ0n) is 11.1. The quantitative estimate of drug-likeness (QED) is 0.896. The molecule has 0 fully saturated rings. The second-order valence-electron chi connectivity index (χ2n) is 5.16. The Hall–Kier alpha value is -1.82. The minimum atomic E-state index is -0.585. The highest BCUT2D eigenvalue weighted by Gasteiger charge is 2.25. The standard InChI is InChI=1S/C13H16N2O3S/c1-8-10(16)14-12(18)15(11(8)17)7-13(2,3)9-5-4-6-19-9/h4-6,17H,7H2,1-3H3,(H,14,16,18). The Bertz CT molecular complexity index is 696. The molecule has 2 rings (SSSR count). The van der Waals surface area contributed by atoms with Crippen LogP contribution in [-0.4, -0.2) is 14.7 Å². The first-order valence-corrected chi connectivity index (χ1v) is 6.77. The molecule has 0 saturated carbocycles. The van der Waals surface area contributed by atoms with E-state index in [4.69, 9.17) is 0 Å². The van der Waals surface area contributed by atoms with Gasteiger partial charge in [0.15, 0.2) is 0 Å². The van der Waals surface area contributed by atoms with Crippen LogP contribution in [0.25, 0.3) is 0 Å². The summed E-state index contributed by atoms with van der Waals surface area (Å²) >= 11 is 1.60. The summed E-state index contributed by atoms with van der Waals surface area (Å²) in [5.74, 6) is -0.265. The van der Waals surface area contributed by atoms with Crippen LogP contribution in [0.4, 0.5) is 0 Å². The number of aromatic hydroxyl groups is 1. The van der Waals surface area contributed by atoms with Crippen molar-refractivity contribution < 1.29 is 5.11 Å². The molecule has 5 nitrogen and oxygen atoms in total. The number of hydrogen-bond acceptors (Lipinski definition) is 4. The van der Waals surface area contributed by atoms with Gasteiger partial charge in [0.25, 0.3) is 5.56 Å². The van der Waals surface area contributed by atoms with Crippen molar-refractivity contribution in [2.24, 2.45) is 0 Å². The lowest BCUT2D eigenvalue weighted by Crippen LogP contribution is -2.36. The van der Waals surface area contributed by atoms with E-state index in [-0.39, 0.29) is 16.9 Å². The van der Waals surface area contributed by atoms with E-state index >= 15 is 0 Å². The van der Waals surface area contributed by atoms with Crippen LogP contribution >= 0.6 is 11.3 Å². The number of aromatic nitrogens is 2. The first kappa shape index (κ1) is 13.6. The number of hydrogen-bond donors (Lipinski definition) is 2. The molecule has 0 saturated heterocycles. The number of thiophene rings is 1. The molecule has 2 aromatic heterocycles. The third kappa shape index (κ3) is 2.49. The van der Waals surface area contributed by atoms with Gasteiger partial charge >= 0.3 is 5.69 Å². The van der Waals surface area contributed by atoms with Crippen LogP contribution in [0.1, 0.15) is 24.3 Å². The van der Waals surface area contributed by atoms with Gasteiger partial charge in [0.1, 0.15) is 0 Å². The Morgan fingerprint density at radius 2 is 2.11 bits per heavy atom. The smallest absolute Gasteiger partial charge is 0.331 e. The average molecular weight is 280 g/mol. The lowest BCUT2D eigenvalue weighted by atomic mass is 9.91. The fourth-order valence-corrected chi connectivity index (χ4v) is 2.79. The minimum Gasteiger partial charge on any atom is -0.494 e. The molecular formula is C13H16N2O3S. The summed E-state index contributed by atoms with van der Waals surface area (Å²) in [4.78, 5) is 26.5. The van der Waals surface area contributed by atoms with Gasteiger partial charge in [-0.15, -0.1) is 11.3 Å². The van der Waals surface area contributed by atoms with Gasteiger partial charge in [0.05, 0.1) is 5.56 Å². The van der Waals surface area contributed by atoms with E-state index in [1.54, 1.807) is 11.3 Å². The summed E-state index contributed by atoms with van der Waals surface area (Å²) < 4.78 is 1.20. The van der Waals surface area contributed by atoms with Crippen LogP contribution in [0.2, 0.25) is 0 Å². The van der Waals surface area contributed by atoms with E-state index in [2.05, 4.69) is 4.98 Å². The van der Waals surface area contributed by atoms with Crippen molar-refractivity contribution in [1.82, 2.24) is 9.55 Å². The maximum Gasteiger partial charge on any atom is 0.331 e. The summed E-state index contributed by atoms with van der Waals surface area (Å²) in [6.07, 6.45) is 0. The molecule has 0 amide bonds. The normalized spacial score (nSPS) is 11.7. The minimum absolute atomic E-state index is 0.154.